The second-order valence-electron chi connectivity index (χ2n) is 3.89. The minimum Gasteiger partial charge on any atom is -0.376 e. The first-order valence-electron chi connectivity index (χ1n) is 5.44. The lowest BCUT2D eigenvalue weighted by molar-refractivity contribution is -0.103. The van der Waals surface area contributed by atoms with E-state index in [1.807, 2.05) is 0 Å². The van der Waals surface area contributed by atoms with Crippen LogP contribution in [0.15, 0.2) is 16.6 Å². The predicted molar refractivity (Wildman–Crippen MR) is 64.7 cm³/mol. The third-order valence-corrected chi connectivity index (χ3v) is 3.40. The number of halogens is 3. The lowest BCUT2D eigenvalue weighted by atomic mass is 10.0. The van der Waals surface area contributed by atoms with Crippen LogP contribution in [0.4, 0.5) is 8.78 Å². The van der Waals surface area contributed by atoms with E-state index in [0.717, 1.165) is 0 Å². The van der Waals surface area contributed by atoms with Crippen molar-refractivity contribution in [3.8, 4) is 0 Å². The number of ether oxygens (including phenoxy) is 2. The van der Waals surface area contributed by atoms with Gasteiger partial charge in [-0.05, 0) is 28.1 Å². The maximum Gasteiger partial charge on any atom is 0.145 e. The lowest BCUT2D eigenvalue weighted by Crippen LogP contribution is -2.44. The molecule has 7 heteroatoms. The Bertz CT molecular complexity index is 428. The fraction of sp³-hybridized carbons (Fsp3) is 0.455. The lowest BCUT2D eigenvalue weighted by Gasteiger charge is -2.30. The molecule has 100 valence electrons. The van der Waals surface area contributed by atoms with E-state index in [0.29, 0.717) is 13.2 Å². The van der Waals surface area contributed by atoms with Crippen LogP contribution in [0.1, 0.15) is 11.6 Å². The summed E-state index contributed by atoms with van der Waals surface area (Å²) in [6.45, 7) is 1.08. The zero-order valence-electron chi connectivity index (χ0n) is 9.46. The van der Waals surface area contributed by atoms with Crippen LogP contribution in [-0.2, 0) is 9.47 Å². The summed E-state index contributed by atoms with van der Waals surface area (Å²) in [4.78, 5) is 0. The van der Waals surface area contributed by atoms with E-state index in [2.05, 4.69) is 21.4 Å². The predicted octanol–water partition coefficient (Wildman–Crippen LogP) is 1.65. The SMILES string of the molecule is NNC(c1c(F)ccc(Br)c1F)C1COCCO1. The van der Waals surface area contributed by atoms with Crippen molar-refractivity contribution in [2.45, 2.75) is 12.1 Å². The minimum absolute atomic E-state index is 0.151. The van der Waals surface area contributed by atoms with Crippen LogP contribution in [0.2, 0.25) is 0 Å². The van der Waals surface area contributed by atoms with E-state index in [4.69, 9.17) is 15.3 Å². The summed E-state index contributed by atoms with van der Waals surface area (Å²) in [7, 11) is 0. The molecule has 4 nitrogen and oxygen atoms in total. The molecule has 2 unspecified atom stereocenters. The Morgan fingerprint density at radius 1 is 1.39 bits per heavy atom. The van der Waals surface area contributed by atoms with Gasteiger partial charge in [0.2, 0.25) is 0 Å². The quantitative estimate of drug-likeness (QED) is 0.505. The molecule has 0 spiro atoms. The molecule has 1 aliphatic rings. The molecule has 0 saturated carbocycles. The first-order chi connectivity index (χ1) is 8.65. The first kappa shape index (κ1) is 13.8. The highest BCUT2D eigenvalue weighted by Gasteiger charge is 2.31. The van der Waals surface area contributed by atoms with Crippen molar-refractivity contribution in [1.82, 2.24) is 5.43 Å². The summed E-state index contributed by atoms with van der Waals surface area (Å²) in [5, 5.41) is 0. The van der Waals surface area contributed by atoms with Crippen LogP contribution < -0.4 is 11.3 Å². The molecule has 18 heavy (non-hydrogen) atoms. The number of nitrogens with one attached hydrogen (secondary N) is 1. The van der Waals surface area contributed by atoms with Crippen molar-refractivity contribution < 1.29 is 18.3 Å². The molecule has 0 bridgehead atoms. The molecule has 1 saturated heterocycles. The Balaban J connectivity index is 2.34. The second-order valence-corrected chi connectivity index (χ2v) is 4.74. The van der Waals surface area contributed by atoms with E-state index < -0.39 is 23.8 Å². The van der Waals surface area contributed by atoms with Gasteiger partial charge in [-0.15, -0.1) is 0 Å². The van der Waals surface area contributed by atoms with Crippen LogP contribution in [-0.4, -0.2) is 25.9 Å². The summed E-state index contributed by atoms with van der Waals surface area (Å²) < 4.78 is 38.6. The summed E-state index contributed by atoms with van der Waals surface area (Å²) >= 11 is 3.02. The number of nitrogens with two attached hydrogens (primary N) is 1. The van der Waals surface area contributed by atoms with E-state index in [1.165, 1.54) is 12.1 Å². The highest BCUT2D eigenvalue weighted by atomic mass is 79.9. The maximum absolute atomic E-state index is 14.0. The Kier molecular flexibility index (Phi) is 4.63. The summed E-state index contributed by atoms with van der Waals surface area (Å²) in [5.41, 5.74) is 2.24. The van der Waals surface area contributed by atoms with E-state index in [9.17, 15) is 8.78 Å². The molecule has 0 aliphatic carbocycles. The van der Waals surface area contributed by atoms with Crippen molar-refractivity contribution in [1.29, 1.82) is 0 Å². The largest absolute Gasteiger partial charge is 0.376 e. The normalized spacial score (nSPS) is 21.9. The average molecular weight is 323 g/mol. The number of hydrogen-bond donors (Lipinski definition) is 2. The molecule has 0 amide bonds. The van der Waals surface area contributed by atoms with Crippen molar-refractivity contribution >= 4 is 15.9 Å². The number of rotatable bonds is 3. The highest BCUT2D eigenvalue weighted by Crippen LogP contribution is 2.29. The van der Waals surface area contributed by atoms with Gasteiger partial charge in [-0.2, -0.15) is 0 Å². The van der Waals surface area contributed by atoms with Crippen LogP contribution in [0, 0.1) is 11.6 Å². The molecule has 3 N–H and O–H groups in total. The van der Waals surface area contributed by atoms with Crippen LogP contribution in [0.25, 0.3) is 0 Å². The van der Waals surface area contributed by atoms with Gasteiger partial charge in [-0.1, -0.05) is 0 Å². The topological polar surface area (TPSA) is 56.5 Å². The average Bonchev–Trinajstić information content (AvgIpc) is 2.40. The van der Waals surface area contributed by atoms with Gasteiger partial charge < -0.3 is 9.47 Å². The number of benzene rings is 1. The molecule has 1 aromatic rings. The Labute approximate surface area is 112 Å². The molecule has 0 aromatic heterocycles. The van der Waals surface area contributed by atoms with Crippen LogP contribution >= 0.6 is 15.9 Å². The first-order valence-corrected chi connectivity index (χ1v) is 6.23. The van der Waals surface area contributed by atoms with Gasteiger partial charge in [0.15, 0.2) is 0 Å². The summed E-state index contributed by atoms with van der Waals surface area (Å²) in [5.74, 6) is 4.03. The maximum atomic E-state index is 14.0. The molecule has 0 radical (unpaired) electrons. The van der Waals surface area contributed by atoms with Crippen molar-refractivity contribution in [3.05, 3.63) is 33.8 Å². The molecular formula is C11H13BrF2N2O2. The third kappa shape index (κ3) is 2.70. The van der Waals surface area contributed by atoms with Gasteiger partial charge in [-0.25, -0.2) is 8.78 Å². The monoisotopic (exact) mass is 322 g/mol. The number of hydrazine groups is 1. The molecule has 1 fully saturated rings. The molecule has 2 rings (SSSR count). The highest BCUT2D eigenvalue weighted by molar-refractivity contribution is 9.10. The third-order valence-electron chi connectivity index (χ3n) is 2.78. The summed E-state index contributed by atoms with van der Waals surface area (Å²) in [6, 6.07) is 1.68. The fourth-order valence-corrected chi connectivity index (χ4v) is 2.25. The fourth-order valence-electron chi connectivity index (χ4n) is 1.90. The van der Waals surface area contributed by atoms with Crippen molar-refractivity contribution in [2.75, 3.05) is 19.8 Å². The molecule has 1 aromatic carbocycles. The zero-order valence-corrected chi connectivity index (χ0v) is 11.0. The van der Waals surface area contributed by atoms with Crippen molar-refractivity contribution in [2.24, 2.45) is 5.84 Å². The van der Waals surface area contributed by atoms with E-state index >= 15 is 0 Å². The standard InChI is InChI=1S/C11H13BrF2N2O2/c12-6-1-2-7(13)9(10(6)14)11(16-15)8-5-17-3-4-18-8/h1-2,8,11,16H,3-5,15H2. The van der Waals surface area contributed by atoms with Gasteiger partial charge in [0.1, 0.15) is 17.7 Å². The van der Waals surface area contributed by atoms with Gasteiger partial charge in [0.25, 0.3) is 0 Å². The molecule has 2 atom stereocenters. The Hall–Kier alpha value is -0.600. The van der Waals surface area contributed by atoms with Crippen LogP contribution in [0.3, 0.4) is 0 Å². The van der Waals surface area contributed by atoms with Gasteiger partial charge >= 0.3 is 0 Å². The van der Waals surface area contributed by atoms with Crippen LogP contribution in [0.5, 0.6) is 0 Å². The van der Waals surface area contributed by atoms with Crippen molar-refractivity contribution in [3.63, 3.8) is 0 Å². The van der Waals surface area contributed by atoms with E-state index in [1.54, 1.807) is 0 Å². The molecule has 1 aliphatic heterocycles. The molecular weight excluding hydrogens is 310 g/mol. The Morgan fingerprint density at radius 3 is 2.78 bits per heavy atom. The smallest absolute Gasteiger partial charge is 0.145 e. The second kappa shape index (κ2) is 6.03. The molecule has 1 heterocycles. The van der Waals surface area contributed by atoms with Gasteiger partial charge in [0.05, 0.1) is 30.3 Å². The number of hydrogen-bond acceptors (Lipinski definition) is 4. The summed E-state index contributed by atoms with van der Waals surface area (Å²) in [6.07, 6.45) is -0.526. The van der Waals surface area contributed by atoms with E-state index in [-0.39, 0.29) is 16.6 Å². The minimum atomic E-state index is -0.803. The van der Waals surface area contributed by atoms with Gasteiger partial charge in [0, 0.05) is 5.56 Å². The Morgan fingerprint density at radius 2 is 2.17 bits per heavy atom. The van der Waals surface area contributed by atoms with Gasteiger partial charge in [-0.3, -0.25) is 11.3 Å². The zero-order chi connectivity index (χ0) is 13.1.